The van der Waals surface area contributed by atoms with Crippen LogP contribution in [0.3, 0.4) is 0 Å². The second-order valence-corrected chi connectivity index (χ2v) is 10.5. The van der Waals surface area contributed by atoms with Crippen molar-refractivity contribution in [1.29, 1.82) is 0 Å². The van der Waals surface area contributed by atoms with E-state index in [9.17, 15) is 18.7 Å². The number of H-pyrrole nitrogens is 1. The van der Waals surface area contributed by atoms with Crippen molar-refractivity contribution >= 4 is 22.8 Å². The third-order valence-electron chi connectivity index (χ3n) is 7.71. The Kier molecular flexibility index (Phi) is 6.44. The number of nitrogens with zero attached hydrogens (tertiary/aromatic N) is 3. The standard InChI is InChI=1S/C27H32F2N4O3/c1-26(25(34)35)11-7-19(8-12-26)36-20-9-13-33(14-10-20)23-6-3-17(16-30-23)24-31-21-5-4-18(27(2,28)29)15-22(21)32-24/h3-6,15-16,19-20H,7-14H2,1-2H3,(H,31,32)(H,34,35). The van der Waals surface area contributed by atoms with Crippen molar-refractivity contribution in [3.63, 3.8) is 0 Å². The fourth-order valence-electron chi connectivity index (χ4n) is 5.20. The second kappa shape index (κ2) is 9.42. The van der Waals surface area contributed by atoms with Crippen LogP contribution >= 0.6 is 0 Å². The van der Waals surface area contributed by atoms with Gasteiger partial charge in [-0.25, -0.2) is 18.7 Å². The number of ether oxygens (including phenoxy) is 1. The average molecular weight is 499 g/mol. The van der Waals surface area contributed by atoms with Crippen LogP contribution in [0.5, 0.6) is 0 Å². The summed E-state index contributed by atoms with van der Waals surface area (Å²) in [5.41, 5.74) is 1.34. The number of hydrogen-bond donors (Lipinski definition) is 2. The lowest BCUT2D eigenvalue weighted by atomic mass is 9.75. The number of carboxylic acid groups (broad SMARTS) is 1. The summed E-state index contributed by atoms with van der Waals surface area (Å²) in [5.74, 6) is -2.13. The van der Waals surface area contributed by atoms with E-state index in [0.717, 1.165) is 57.1 Å². The molecule has 1 saturated heterocycles. The molecule has 0 atom stereocenters. The number of alkyl halides is 2. The molecular formula is C27H32F2N4O3. The van der Waals surface area contributed by atoms with E-state index >= 15 is 0 Å². The highest BCUT2D eigenvalue weighted by Crippen LogP contribution is 2.38. The van der Waals surface area contributed by atoms with Gasteiger partial charge in [-0.1, -0.05) is 6.07 Å². The summed E-state index contributed by atoms with van der Waals surface area (Å²) in [6.07, 6.45) is 6.84. The van der Waals surface area contributed by atoms with Gasteiger partial charge in [0, 0.05) is 37.3 Å². The van der Waals surface area contributed by atoms with Crippen LogP contribution in [-0.2, 0) is 15.5 Å². The van der Waals surface area contributed by atoms with Crippen LogP contribution in [0.25, 0.3) is 22.4 Å². The van der Waals surface area contributed by atoms with E-state index in [-0.39, 0.29) is 17.8 Å². The monoisotopic (exact) mass is 498 g/mol. The van der Waals surface area contributed by atoms with Gasteiger partial charge in [0.1, 0.15) is 11.6 Å². The molecule has 3 heterocycles. The van der Waals surface area contributed by atoms with Crippen molar-refractivity contribution in [1.82, 2.24) is 15.0 Å². The molecule has 3 aromatic rings. The maximum atomic E-state index is 13.7. The first kappa shape index (κ1) is 24.6. The number of aromatic amines is 1. The van der Waals surface area contributed by atoms with Gasteiger partial charge in [0.25, 0.3) is 5.92 Å². The summed E-state index contributed by atoms with van der Waals surface area (Å²) in [6.45, 7) is 4.40. The molecule has 1 aromatic carbocycles. The second-order valence-electron chi connectivity index (χ2n) is 10.5. The average Bonchev–Trinajstić information content (AvgIpc) is 3.29. The molecule has 0 spiro atoms. The minimum atomic E-state index is -2.90. The van der Waals surface area contributed by atoms with Gasteiger partial charge < -0.3 is 19.7 Å². The molecule has 2 aliphatic rings. The van der Waals surface area contributed by atoms with Gasteiger partial charge in [0.2, 0.25) is 0 Å². The molecule has 1 aliphatic carbocycles. The van der Waals surface area contributed by atoms with Crippen molar-refractivity contribution in [3.8, 4) is 11.4 Å². The number of aromatic nitrogens is 3. The van der Waals surface area contributed by atoms with Gasteiger partial charge in [-0.2, -0.15) is 0 Å². The van der Waals surface area contributed by atoms with Crippen molar-refractivity contribution in [3.05, 3.63) is 42.1 Å². The van der Waals surface area contributed by atoms with Crippen molar-refractivity contribution in [2.24, 2.45) is 5.41 Å². The zero-order chi connectivity index (χ0) is 25.5. The number of aliphatic carboxylic acids is 1. The number of nitrogens with one attached hydrogen (secondary N) is 1. The summed E-state index contributed by atoms with van der Waals surface area (Å²) in [7, 11) is 0. The van der Waals surface area contributed by atoms with Crippen molar-refractivity contribution < 1.29 is 23.4 Å². The number of piperidine rings is 1. The first-order chi connectivity index (χ1) is 17.1. The minimum absolute atomic E-state index is 0.0479. The van der Waals surface area contributed by atoms with Gasteiger partial charge in [-0.15, -0.1) is 0 Å². The van der Waals surface area contributed by atoms with E-state index in [0.29, 0.717) is 29.7 Å². The van der Waals surface area contributed by atoms with Gasteiger partial charge in [-0.3, -0.25) is 4.79 Å². The van der Waals surface area contributed by atoms with E-state index in [2.05, 4.69) is 19.9 Å². The summed E-state index contributed by atoms with van der Waals surface area (Å²) in [4.78, 5) is 26.0. The Morgan fingerprint density at radius 2 is 1.83 bits per heavy atom. The van der Waals surface area contributed by atoms with Crippen molar-refractivity contribution in [2.45, 2.75) is 70.5 Å². The van der Waals surface area contributed by atoms with Gasteiger partial charge in [0.15, 0.2) is 0 Å². The van der Waals surface area contributed by atoms with Crippen LogP contribution < -0.4 is 4.90 Å². The number of carboxylic acids is 1. The third kappa shape index (κ3) is 5.07. The molecule has 9 heteroatoms. The van der Waals surface area contributed by atoms with E-state index in [1.807, 2.05) is 19.1 Å². The lowest BCUT2D eigenvalue weighted by molar-refractivity contribution is -0.152. The molecule has 0 radical (unpaired) electrons. The van der Waals surface area contributed by atoms with E-state index < -0.39 is 17.3 Å². The molecule has 1 saturated carbocycles. The molecule has 0 bridgehead atoms. The number of pyridine rings is 1. The molecule has 2 fully saturated rings. The Balaban J connectivity index is 1.16. The van der Waals surface area contributed by atoms with Crippen LogP contribution in [0, 0.1) is 5.41 Å². The van der Waals surface area contributed by atoms with E-state index in [1.54, 1.807) is 12.3 Å². The quantitative estimate of drug-likeness (QED) is 0.449. The summed E-state index contributed by atoms with van der Waals surface area (Å²) >= 11 is 0. The highest BCUT2D eigenvalue weighted by Gasteiger charge is 2.38. The number of hydrogen-bond acceptors (Lipinski definition) is 5. The Labute approximate surface area is 208 Å². The number of fused-ring (bicyclic) bond motifs is 1. The lowest BCUT2D eigenvalue weighted by Gasteiger charge is -2.38. The minimum Gasteiger partial charge on any atom is -0.481 e. The molecule has 0 unspecified atom stereocenters. The molecule has 2 aromatic heterocycles. The van der Waals surface area contributed by atoms with Gasteiger partial charge in [-0.05, 0) is 69.7 Å². The number of anilines is 1. The number of rotatable bonds is 6. The normalized spacial score (nSPS) is 23.8. The van der Waals surface area contributed by atoms with Crippen molar-refractivity contribution in [2.75, 3.05) is 18.0 Å². The number of benzene rings is 1. The first-order valence-corrected chi connectivity index (χ1v) is 12.6. The van der Waals surface area contributed by atoms with Gasteiger partial charge in [0.05, 0.1) is 28.7 Å². The summed E-state index contributed by atoms with van der Waals surface area (Å²) in [6, 6.07) is 8.36. The summed E-state index contributed by atoms with van der Waals surface area (Å²) in [5, 5.41) is 9.41. The Morgan fingerprint density at radius 3 is 2.44 bits per heavy atom. The Hall–Kier alpha value is -3.07. The largest absolute Gasteiger partial charge is 0.481 e. The molecule has 5 rings (SSSR count). The lowest BCUT2D eigenvalue weighted by Crippen LogP contribution is -2.41. The van der Waals surface area contributed by atoms with Crippen LogP contribution in [0.1, 0.15) is 57.9 Å². The highest BCUT2D eigenvalue weighted by atomic mass is 19.3. The SMILES string of the molecule is CC1(C(=O)O)CCC(OC2CCN(c3ccc(-c4nc5ccc(C(C)(F)F)cc5[nH]4)cn3)CC2)CC1. The van der Waals surface area contributed by atoms with Crippen LogP contribution in [-0.4, -0.2) is 51.3 Å². The smallest absolute Gasteiger partial charge is 0.309 e. The van der Waals surface area contributed by atoms with E-state index in [1.165, 1.54) is 12.1 Å². The topological polar surface area (TPSA) is 91.3 Å². The van der Waals surface area contributed by atoms with E-state index in [4.69, 9.17) is 4.74 Å². The zero-order valence-corrected chi connectivity index (χ0v) is 20.6. The third-order valence-corrected chi connectivity index (χ3v) is 7.71. The molecule has 7 nitrogen and oxygen atoms in total. The zero-order valence-electron chi connectivity index (χ0n) is 20.6. The Bertz CT molecular complexity index is 1220. The molecule has 2 N–H and O–H groups in total. The summed E-state index contributed by atoms with van der Waals surface area (Å²) < 4.78 is 33.6. The number of carbonyl (C=O) groups is 1. The maximum absolute atomic E-state index is 13.7. The predicted octanol–water partition coefficient (Wildman–Crippen LogP) is 5.76. The molecule has 1 aliphatic heterocycles. The fraction of sp³-hybridized carbons (Fsp3) is 0.519. The van der Waals surface area contributed by atoms with Gasteiger partial charge >= 0.3 is 5.97 Å². The van der Waals surface area contributed by atoms with Crippen LogP contribution in [0.4, 0.5) is 14.6 Å². The predicted molar refractivity (Wildman–Crippen MR) is 133 cm³/mol. The molecule has 192 valence electrons. The van der Waals surface area contributed by atoms with Crippen LogP contribution in [0.2, 0.25) is 0 Å². The fourth-order valence-corrected chi connectivity index (χ4v) is 5.20. The number of halogens is 2. The maximum Gasteiger partial charge on any atom is 0.309 e. The molecule has 0 amide bonds. The van der Waals surface area contributed by atoms with Crippen LogP contribution in [0.15, 0.2) is 36.5 Å². The molecular weight excluding hydrogens is 466 g/mol. The molecule has 36 heavy (non-hydrogen) atoms. The first-order valence-electron chi connectivity index (χ1n) is 12.6. The Morgan fingerprint density at radius 1 is 1.14 bits per heavy atom. The number of imidazole rings is 1. The highest BCUT2D eigenvalue weighted by molar-refractivity contribution is 5.80.